The lowest BCUT2D eigenvalue weighted by Crippen LogP contribution is -1.95. The van der Waals surface area contributed by atoms with Crippen molar-refractivity contribution in [2.45, 2.75) is 12.8 Å². The summed E-state index contributed by atoms with van der Waals surface area (Å²) in [6, 6.07) is 2.31. The third-order valence-corrected chi connectivity index (χ3v) is 2.32. The van der Waals surface area contributed by atoms with Gasteiger partial charge in [0.1, 0.15) is 5.75 Å². The number of rotatable bonds is 1. The SMILES string of the molecule is O=C1CCc2c(O)cc([N+](=O)[O-])cc21. The molecule has 5 nitrogen and oxygen atoms in total. The fourth-order valence-corrected chi connectivity index (χ4v) is 1.63. The molecule has 1 aliphatic carbocycles. The second-order valence-electron chi connectivity index (χ2n) is 3.17. The fraction of sp³-hybridized carbons (Fsp3) is 0.222. The van der Waals surface area contributed by atoms with Gasteiger partial charge in [-0.2, -0.15) is 0 Å². The molecule has 1 aromatic carbocycles. The summed E-state index contributed by atoms with van der Waals surface area (Å²) in [7, 11) is 0. The Kier molecular flexibility index (Phi) is 1.73. The zero-order valence-corrected chi connectivity index (χ0v) is 7.19. The van der Waals surface area contributed by atoms with E-state index in [4.69, 9.17) is 0 Å². The number of non-ortho nitro benzene ring substituents is 1. The summed E-state index contributed by atoms with van der Waals surface area (Å²) in [6.45, 7) is 0. The van der Waals surface area contributed by atoms with Crippen molar-refractivity contribution in [3.63, 3.8) is 0 Å². The number of ketones is 1. The monoisotopic (exact) mass is 193 g/mol. The van der Waals surface area contributed by atoms with E-state index in [0.29, 0.717) is 18.4 Å². The summed E-state index contributed by atoms with van der Waals surface area (Å²) >= 11 is 0. The first-order valence-corrected chi connectivity index (χ1v) is 4.13. The van der Waals surface area contributed by atoms with Gasteiger partial charge in [0, 0.05) is 23.6 Å². The molecule has 0 saturated heterocycles. The lowest BCUT2D eigenvalue weighted by molar-refractivity contribution is -0.385. The minimum Gasteiger partial charge on any atom is -0.507 e. The summed E-state index contributed by atoms with van der Waals surface area (Å²) in [5.74, 6) is -0.293. The van der Waals surface area contributed by atoms with Crippen LogP contribution in [0.3, 0.4) is 0 Å². The summed E-state index contributed by atoms with van der Waals surface area (Å²) in [5.41, 5.74) is 0.578. The van der Waals surface area contributed by atoms with E-state index in [2.05, 4.69) is 0 Å². The van der Waals surface area contributed by atoms with Crippen LogP contribution in [-0.4, -0.2) is 15.8 Å². The molecule has 0 atom stereocenters. The van der Waals surface area contributed by atoms with Gasteiger partial charge >= 0.3 is 0 Å². The Morgan fingerprint density at radius 3 is 2.71 bits per heavy atom. The Morgan fingerprint density at radius 1 is 1.36 bits per heavy atom. The van der Waals surface area contributed by atoms with Gasteiger partial charge in [0.25, 0.3) is 5.69 Å². The average molecular weight is 193 g/mol. The number of hydrogen-bond donors (Lipinski definition) is 1. The molecule has 1 aromatic rings. The highest BCUT2D eigenvalue weighted by Gasteiger charge is 2.25. The van der Waals surface area contributed by atoms with Crippen LogP contribution in [0.4, 0.5) is 5.69 Å². The second kappa shape index (κ2) is 2.80. The van der Waals surface area contributed by atoms with Crippen LogP contribution in [0, 0.1) is 10.1 Å². The van der Waals surface area contributed by atoms with Crippen molar-refractivity contribution in [1.29, 1.82) is 0 Å². The molecule has 0 fully saturated rings. The van der Waals surface area contributed by atoms with Gasteiger partial charge in [-0.1, -0.05) is 0 Å². The van der Waals surface area contributed by atoms with Crippen LogP contribution in [0.25, 0.3) is 0 Å². The molecule has 72 valence electrons. The van der Waals surface area contributed by atoms with Crippen molar-refractivity contribution < 1.29 is 14.8 Å². The molecule has 14 heavy (non-hydrogen) atoms. The first-order valence-electron chi connectivity index (χ1n) is 4.13. The van der Waals surface area contributed by atoms with Crippen molar-refractivity contribution in [2.24, 2.45) is 0 Å². The lowest BCUT2D eigenvalue weighted by Gasteiger charge is -2.00. The summed E-state index contributed by atoms with van der Waals surface area (Å²) in [4.78, 5) is 21.1. The summed E-state index contributed by atoms with van der Waals surface area (Å²) in [6.07, 6.45) is 0.794. The van der Waals surface area contributed by atoms with Crippen LogP contribution in [-0.2, 0) is 6.42 Å². The minimum absolute atomic E-state index is 0.140. The lowest BCUT2D eigenvalue weighted by atomic mass is 10.1. The third kappa shape index (κ3) is 1.14. The topological polar surface area (TPSA) is 80.4 Å². The van der Waals surface area contributed by atoms with Gasteiger partial charge < -0.3 is 5.11 Å². The Hall–Kier alpha value is -1.91. The van der Waals surface area contributed by atoms with E-state index in [9.17, 15) is 20.0 Å². The molecule has 0 heterocycles. The van der Waals surface area contributed by atoms with Crippen LogP contribution in [0.2, 0.25) is 0 Å². The van der Waals surface area contributed by atoms with Crippen LogP contribution >= 0.6 is 0 Å². The fourth-order valence-electron chi connectivity index (χ4n) is 1.63. The Balaban J connectivity index is 2.64. The predicted octanol–water partition coefficient (Wildman–Crippen LogP) is 1.43. The quantitative estimate of drug-likeness (QED) is 0.540. The zero-order chi connectivity index (χ0) is 10.3. The average Bonchev–Trinajstić information content (AvgIpc) is 2.48. The van der Waals surface area contributed by atoms with Crippen molar-refractivity contribution in [3.8, 4) is 5.75 Å². The highest BCUT2D eigenvalue weighted by molar-refractivity contribution is 6.01. The van der Waals surface area contributed by atoms with Crippen LogP contribution < -0.4 is 0 Å². The summed E-state index contributed by atoms with van der Waals surface area (Å²) in [5, 5.41) is 19.9. The number of Topliss-reactive ketones (excluding diaryl/α,β-unsaturated/α-hetero) is 1. The molecule has 0 saturated carbocycles. The molecular weight excluding hydrogens is 186 g/mol. The number of fused-ring (bicyclic) bond motifs is 1. The van der Waals surface area contributed by atoms with Crippen molar-refractivity contribution in [3.05, 3.63) is 33.4 Å². The number of aromatic hydroxyl groups is 1. The van der Waals surface area contributed by atoms with Gasteiger partial charge in [-0.25, -0.2) is 0 Å². The largest absolute Gasteiger partial charge is 0.507 e. The molecule has 0 aliphatic heterocycles. The number of nitrogens with zero attached hydrogens (tertiary/aromatic N) is 1. The third-order valence-electron chi connectivity index (χ3n) is 2.32. The minimum atomic E-state index is -0.619. The molecule has 2 rings (SSSR count). The summed E-state index contributed by atoms with van der Waals surface area (Å²) < 4.78 is 0. The van der Waals surface area contributed by atoms with Gasteiger partial charge in [0.05, 0.1) is 11.0 Å². The van der Waals surface area contributed by atoms with Crippen molar-refractivity contribution in [1.82, 2.24) is 0 Å². The van der Waals surface area contributed by atoms with Crippen molar-refractivity contribution >= 4 is 11.5 Å². The van der Waals surface area contributed by atoms with Crippen LogP contribution in [0.15, 0.2) is 12.1 Å². The molecule has 1 aliphatic rings. The number of phenolic OH excluding ortho intramolecular Hbond substituents is 1. The molecule has 0 spiro atoms. The van der Waals surface area contributed by atoms with Gasteiger partial charge in [-0.3, -0.25) is 14.9 Å². The second-order valence-corrected chi connectivity index (χ2v) is 3.17. The first-order chi connectivity index (χ1) is 6.59. The van der Waals surface area contributed by atoms with E-state index in [0.717, 1.165) is 6.07 Å². The first kappa shape index (κ1) is 8.68. The standard InChI is InChI=1S/C9H7NO4/c11-8-2-1-6-7(8)3-5(10(13)14)4-9(6)12/h3-4,12H,1-2H2. The van der Waals surface area contributed by atoms with Gasteiger partial charge in [-0.15, -0.1) is 0 Å². The number of phenols is 1. The van der Waals surface area contributed by atoms with Crippen LogP contribution in [0.5, 0.6) is 5.75 Å². The van der Waals surface area contributed by atoms with E-state index in [1.165, 1.54) is 6.07 Å². The number of hydrogen-bond acceptors (Lipinski definition) is 4. The van der Waals surface area contributed by atoms with Crippen molar-refractivity contribution in [2.75, 3.05) is 0 Å². The number of carbonyl (C=O) groups is 1. The Labute approximate surface area is 79.1 Å². The molecule has 0 amide bonds. The molecule has 0 aromatic heterocycles. The van der Waals surface area contributed by atoms with E-state index in [1.807, 2.05) is 0 Å². The van der Waals surface area contributed by atoms with E-state index in [1.54, 1.807) is 0 Å². The molecular formula is C9H7NO4. The maximum Gasteiger partial charge on any atom is 0.273 e. The number of nitro groups is 1. The Bertz CT molecular complexity index is 439. The number of nitro benzene ring substituents is 1. The highest BCUT2D eigenvalue weighted by Crippen LogP contribution is 2.33. The van der Waals surface area contributed by atoms with E-state index >= 15 is 0 Å². The molecule has 0 unspecified atom stereocenters. The molecule has 0 radical (unpaired) electrons. The molecule has 0 bridgehead atoms. The highest BCUT2D eigenvalue weighted by atomic mass is 16.6. The maximum atomic E-state index is 11.3. The van der Waals surface area contributed by atoms with Gasteiger partial charge in [-0.05, 0) is 6.42 Å². The molecule has 1 N–H and O–H groups in total. The smallest absolute Gasteiger partial charge is 0.273 e. The number of benzene rings is 1. The van der Waals surface area contributed by atoms with E-state index in [-0.39, 0.29) is 22.8 Å². The maximum absolute atomic E-state index is 11.3. The van der Waals surface area contributed by atoms with Gasteiger partial charge in [0.15, 0.2) is 5.78 Å². The normalized spacial score (nSPS) is 14.1. The zero-order valence-electron chi connectivity index (χ0n) is 7.19. The van der Waals surface area contributed by atoms with E-state index < -0.39 is 4.92 Å². The number of carbonyl (C=O) groups excluding carboxylic acids is 1. The predicted molar refractivity (Wildman–Crippen MR) is 47.4 cm³/mol. The van der Waals surface area contributed by atoms with Gasteiger partial charge in [0.2, 0.25) is 0 Å². The van der Waals surface area contributed by atoms with Crippen LogP contribution in [0.1, 0.15) is 22.3 Å². The Morgan fingerprint density at radius 2 is 2.07 bits per heavy atom. The molecule has 5 heteroatoms.